The van der Waals surface area contributed by atoms with Crippen molar-refractivity contribution in [3.05, 3.63) is 0 Å². The summed E-state index contributed by atoms with van der Waals surface area (Å²) in [6.45, 7) is 7.84. The highest BCUT2D eigenvalue weighted by Gasteiger charge is 2.09. The molecule has 0 spiro atoms. The molecule has 1 saturated heterocycles. The third-order valence-corrected chi connectivity index (χ3v) is 3.19. The summed E-state index contributed by atoms with van der Waals surface area (Å²) in [6.07, 6.45) is 6.24. The van der Waals surface area contributed by atoms with Crippen LogP contribution in [0, 0.1) is 0 Å². The number of likely N-dealkylation sites (tertiary alicyclic amines) is 1. The van der Waals surface area contributed by atoms with Gasteiger partial charge in [0.2, 0.25) is 5.91 Å². The quantitative estimate of drug-likeness (QED) is 0.623. The maximum absolute atomic E-state index is 11.4. The zero-order valence-corrected chi connectivity index (χ0v) is 11.1. The number of carbonyl (C=O) groups excluding carboxylic acids is 1. The molecule has 2 N–H and O–H groups in total. The number of nitrogens with one attached hydrogen (secondary N) is 2. The Labute approximate surface area is 105 Å². The lowest BCUT2D eigenvalue weighted by molar-refractivity contribution is -0.120. The van der Waals surface area contributed by atoms with Crippen molar-refractivity contribution in [3.63, 3.8) is 0 Å². The molecular weight excluding hydrogens is 214 g/mol. The summed E-state index contributed by atoms with van der Waals surface area (Å²) in [5, 5.41) is 6.11. The molecule has 1 heterocycles. The Morgan fingerprint density at radius 1 is 1.18 bits per heavy atom. The second kappa shape index (κ2) is 9.42. The normalized spacial score (nSPS) is 17.0. The van der Waals surface area contributed by atoms with E-state index in [1.165, 1.54) is 32.4 Å². The average molecular weight is 241 g/mol. The van der Waals surface area contributed by atoms with E-state index in [-0.39, 0.29) is 5.91 Å². The van der Waals surface area contributed by atoms with Gasteiger partial charge in [-0.3, -0.25) is 4.79 Å². The van der Waals surface area contributed by atoms with Gasteiger partial charge in [0.1, 0.15) is 0 Å². The van der Waals surface area contributed by atoms with Gasteiger partial charge in [-0.05, 0) is 32.4 Å². The van der Waals surface area contributed by atoms with E-state index < -0.39 is 0 Å². The molecule has 0 aromatic rings. The van der Waals surface area contributed by atoms with Gasteiger partial charge in [0.25, 0.3) is 0 Å². The van der Waals surface area contributed by atoms with E-state index in [1.807, 2.05) is 0 Å². The Morgan fingerprint density at radius 3 is 2.65 bits per heavy atom. The number of amides is 1. The molecule has 0 aromatic carbocycles. The third-order valence-electron chi connectivity index (χ3n) is 3.19. The Bertz CT molecular complexity index is 203. The number of rotatable bonds is 8. The van der Waals surface area contributed by atoms with Crippen LogP contribution in [-0.4, -0.2) is 50.1 Å². The maximum Gasteiger partial charge on any atom is 0.233 e. The molecular formula is C13H27N3O. The number of hydrogen-bond acceptors (Lipinski definition) is 3. The molecule has 1 amide bonds. The maximum atomic E-state index is 11.4. The number of hydrogen-bond donors (Lipinski definition) is 2. The second-order valence-electron chi connectivity index (χ2n) is 4.78. The summed E-state index contributed by atoms with van der Waals surface area (Å²) in [6, 6.07) is 0. The largest absolute Gasteiger partial charge is 0.355 e. The Balaban J connectivity index is 1.90. The number of piperidine rings is 1. The summed E-state index contributed by atoms with van der Waals surface area (Å²) in [5.41, 5.74) is 0. The first kappa shape index (κ1) is 14.5. The van der Waals surface area contributed by atoms with Gasteiger partial charge < -0.3 is 15.5 Å². The van der Waals surface area contributed by atoms with Gasteiger partial charge in [0.15, 0.2) is 0 Å². The summed E-state index contributed by atoms with van der Waals surface area (Å²) in [7, 11) is 0. The number of carbonyl (C=O) groups is 1. The lowest BCUT2D eigenvalue weighted by Gasteiger charge is -2.26. The predicted molar refractivity (Wildman–Crippen MR) is 71.1 cm³/mol. The van der Waals surface area contributed by atoms with Crippen molar-refractivity contribution in [2.75, 3.05) is 39.3 Å². The van der Waals surface area contributed by atoms with E-state index in [0.717, 1.165) is 32.5 Å². The minimum absolute atomic E-state index is 0.122. The van der Waals surface area contributed by atoms with Gasteiger partial charge in [0, 0.05) is 19.6 Å². The zero-order chi connectivity index (χ0) is 12.3. The molecule has 100 valence electrons. The van der Waals surface area contributed by atoms with Gasteiger partial charge in [-0.1, -0.05) is 19.8 Å². The molecule has 4 nitrogen and oxygen atoms in total. The Morgan fingerprint density at radius 2 is 1.94 bits per heavy atom. The molecule has 0 saturated carbocycles. The van der Waals surface area contributed by atoms with E-state index in [0.29, 0.717) is 6.54 Å². The summed E-state index contributed by atoms with van der Waals surface area (Å²) < 4.78 is 0. The first-order chi connectivity index (χ1) is 8.33. The van der Waals surface area contributed by atoms with Gasteiger partial charge in [-0.25, -0.2) is 0 Å². The van der Waals surface area contributed by atoms with E-state index >= 15 is 0 Å². The van der Waals surface area contributed by atoms with Gasteiger partial charge in [0.05, 0.1) is 6.54 Å². The van der Waals surface area contributed by atoms with Crippen molar-refractivity contribution < 1.29 is 4.79 Å². The first-order valence-electron chi connectivity index (χ1n) is 7.02. The lowest BCUT2D eigenvalue weighted by Crippen LogP contribution is -2.39. The van der Waals surface area contributed by atoms with Crippen molar-refractivity contribution in [2.24, 2.45) is 0 Å². The fourth-order valence-corrected chi connectivity index (χ4v) is 2.09. The molecule has 1 rings (SSSR count). The van der Waals surface area contributed by atoms with Crippen molar-refractivity contribution in [1.82, 2.24) is 15.5 Å². The standard InChI is InChI=1S/C13H27N3O/c1-2-3-7-15-13(17)12-14-8-11-16-9-5-4-6-10-16/h14H,2-12H2,1H3,(H,15,17). The molecule has 0 bridgehead atoms. The van der Waals surface area contributed by atoms with E-state index in [9.17, 15) is 4.79 Å². The molecule has 0 radical (unpaired) electrons. The smallest absolute Gasteiger partial charge is 0.233 e. The van der Waals surface area contributed by atoms with Crippen LogP contribution in [0.15, 0.2) is 0 Å². The third kappa shape index (κ3) is 7.34. The van der Waals surface area contributed by atoms with Crippen molar-refractivity contribution in [3.8, 4) is 0 Å². The highest BCUT2D eigenvalue weighted by Crippen LogP contribution is 2.06. The van der Waals surface area contributed by atoms with Crippen LogP contribution in [0.1, 0.15) is 39.0 Å². The van der Waals surface area contributed by atoms with Crippen LogP contribution in [0.25, 0.3) is 0 Å². The fourth-order valence-electron chi connectivity index (χ4n) is 2.09. The van der Waals surface area contributed by atoms with Crippen LogP contribution in [0.3, 0.4) is 0 Å². The van der Waals surface area contributed by atoms with E-state index in [2.05, 4.69) is 22.5 Å². The molecule has 4 heteroatoms. The van der Waals surface area contributed by atoms with Crippen LogP contribution in [0.5, 0.6) is 0 Å². The summed E-state index contributed by atoms with van der Waals surface area (Å²) in [4.78, 5) is 13.9. The van der Waals surface area contributed by atoms with Crippen LogP contribution < -0.4 is 10.6 Å². The molecule has 0 aliphatic carbocycles. The van der Waals surface area contributed by atoms with Gasteiger partial charge in [-0.2, -0.15) is 0 Å². The minimum Gasteiger partial charge on any atom is -0.355 e. The minimum atomic E-state index is 0.122. The highest BCUT2D eigenvalue weighted by atomic mass is 16.1. The van der Waals surface area contributed by atoms with Crippen LogP contribution in [0.4, 0.5) is 0 Å². The molecule has 1 aliphatic heterocycles. The molecule has 1 aliphatic rings. The Kier molecular flexibility index (Phi) is 8.01. The van der Waals surface area contributed by atoms with Gasteiger partial charge in [-0.15, -0.1) is 0 Å². The highest BCUT2D eigenvalue weighted by molar-refractivity contribution is 5.77. The van der Waals surface area contributed by atoms with Crippen LogP contribution >= 0.6 is 0 Å². The van der Waals surface area contributed by atoms with E-state index in [1.54, 1.807) is 0 Å². The summed E-state index contributed by atoms with van der Waals surface area (Å²) in [5.74, 6) is 0.122. The Hall–Kier alpha value is -0.610. The molecule has 0 unspecified atom stereocenters. The average Bonchev–Trinajstić information content (AvgIpc) is 2.36. The molecule has 0 aromatic heterocycles. The number of nitrogens with zero attached hydrogens (tertiary/aromatic N) is 1. The second-order valence-corrected chi connectivity index (χ2v) is 4.78. The van der Waals surface area contributed by atoms with Crippen molar-refractivity contribution >= 4 is 5.91 Å². The number of unbranched alkanes of at least 4 members (excludes halogenated alkanes) is 1. The van der Waals surface area contributed by atoms with Crippen molar-refractivity contribution in [2.45, 2.75) is 39.0 Å². The molecule has 0 atom stereocenters. The fraction of sp³-hybridized carbons (Fsp3) is 0.923. The predicted octanol–water partition coefficient (Wildman–Crippen LogP) is 0.978. The summed E-state index contributed by atoms with van der Waals surface area (Å²) >= 11 is 0. The van der Waals surface area contributed by atoms with Crippen molar-refractivity contribution in [1.29, 1.82) is 0 Å². The monoisotopic (exact) mass is 241 g/mol. The first-order valence-corrected chi connectivity index (χ1v) is 7.02. The van der Waals surface area contributed by atoms with Crippen LogP contribution in [-0.2, 0) is 4.79 Å². The van der Waals surface area contributed by atoms with Gasteiger partial charge >= 0.3 is 0 Å². The SMILES string of the molecule is CCCCNC(=O)CNCCN1CCCCC1. The van der Waals surface area contributed by atoms with E-state index in [4.69, 9.17) is 0 Å². The lowest BCUT2D eigenvalue weighted by atomic mass is 10.1. The topological polar surface area (TPSA) is 44.4 Å². The van der Waals surface area contributed by atoms with Crippen LogP contribution in [0.2, 0.25) is 0 Å². The molecule has 17 heavy (non-hydrogen) atoms. The molecule has 1 fully saturated rings. The zero-order valence-electron chi connectivity index (χ0n) is 11.1.